The summed E-state index contributed by atoms with van der Waals surface area (Å²) in [6.45, 7) is 17.4. The Morgan fingerprint density at radius 1 is 0.359 bits per heavy atom. The van der Waals surface area contributed by atoms with Gasteiger partial charge in [0.1, 0.15) is 17.1 Å². The van der Waals surface area contributed by atoms with Crippen molar-refractivity contribution in [3.63, 3.8) is 0 Å². The van der Waals surface area contributed by atoms with Gasteiger partial charge in [0.05, 0.1) is 77.7 Å². The molecule has 0 bridgehead atoms. The van der Waals surface area contributed by atoms with E-state index in [2.05, 4.69) is 123 Å². The second kappa shape index (κ2) is 45.9. The molecule has 6 fully saturated rings. The number of hydrogen-bond acceptors (Lipinski definition) is 27. The molecule has 0 spiro atoms. The van der Waals surface area contributed by atoms with Gasteiger partial charge in [0.25, 0.3) is 17.7 Å². The Morgan fingerprint density at radius 3 is 1.13 bits per heavy atom. The van der Waals surface area contributed by atoms with Gasteiger partial charge >= 0.3 is 6.03 Å². The number of carbonyl (C=O) groups excluding carboxylic acids is 5. The lowest BCUT2D eigenvalue weighted by Gasteiger charge is -2.40. The van der Waals surface area contributed by atoms with Crippen molar-refractivity contribution in [2.45, 2.75) is 51.0 Å². The van der Waals surface area contributed by atoms with Gasteiger partial charge in [-0.25, -0.2) is 44.7 Å². The minimum absolute atomic E-state index is 0.0101. The lowest BCUT2D eigenvalue weighted by Crippen LogP contribution is -2.57. The van der Waals surface area contributed by atoms with Gasteiger partial charge in [0, 0.05) is 253 Å². The molecule has 8 N–H and O–H groups in total. The van der Waals surface area contributed by atoms with Gasteiger partial charge in [0.2, 0.25) is 23.8 Å². The second-order valence-electron chi connectivity index (χ2n) is 35.9. The van der Waals surface area contributed by atoms with Crippen LogP contribution in [-0.4, -0.2) is 313 Å². The van der Waals surface area contributed by atoms with Crippen LogP contribution in [0.3, 0.4) is 0 Å². The van der Waals surface area contributed by atoms with Gasteiger partial charge in [-0.3, -0.25) is 48.9 Å². The Kier molecular flexibility index (Phi) is 30.8. The summed E-state index contributed by atoms with van der Waals surface area (Å²) in [5, 5.41) is 16.8. The van der Waals surface area contributed by atoms with E-state index in [4.69, 9.17) is 14.2 Å². The van der Waals surface area contributed by atoms with Gasteiger partial charge in [-0.1, -0.05) is 24.3 Å². The number of pyridine rings is 4. The Balaban J connectivity index is 0.000000120. The van der Waals surface area contributed by atoms with E-state index in [1.54, 1.807) is 54.5 Å². The number of fused-ring (bicyclic) bond motifs is 4. The van der Waals surface area contributed by atoms with Crippen molar-refractivity contribution in [3.05, 3.63) is 266 Å². The summed E-state index contributed by atoms with van der Waals surface area (Å²) in [5.41, 5.74) is 15.5. The summed E-state index contributed by atoms with van der Waals surface area (Å²) in [7, 11) is 3.93. The lowest BCUT2D eigenvalue weighted by atomic mass is 9.93. The van der Waals surface area contributed by atoms with Crippen LogP contribution in [0.4, 0.5) is 51.3 Å². The molecule has 6 aliphatic heterocycles. The molecule has 0 aliphatic carbocycles. The molecule has 6 saturated heterocycles. The average molecular weight is 1910 g/mol. The molecular weight excluding hydrogens is 1790 g/mol. The molecule has 726 valence electrons. The topological polar surface area (TPSA) is 405 Å². The third kappa shape index (κ3) is 24.6. The van der Waals surface area contributed by atoms with Crippen LogP contribution in [0.15, 0.2) is 244 Å². The van der Waals surface area contributed by atoms with Crippen LogP contribution in [0, 0.1) is 5.92 Å². The number of anilines is 8. The number of benzene rings is 4. The summed E-state index contributed by atoms with van der Waals surface area (Å²) in [4.78, 5) is 148. The maximum atomic E-state index is 13.3. The zero-order chi connectivity index (χ0) is 96.9. The van der Waals surface area contributed by atoms with Crippen molar-refractivity contribution < 1.29 is 38.2 Å². The van der Waals surface area contributed by atoms with Crippen LogP contribution in [-0.2, 0) is 14.2 Å². The number of ketones is 1. The quantitative estimate of drug-likeness (QED) is 0.0260. The highest BCUT2D eigenvalue weighted by Gasteiger charge is 2.33. The van der Waals surface area contributed by atoms with Gasteiger partial charge in [-0.15, -0.1) is 0 Å². The largest absolute Gasteiger partial charge is 0.381 e. The Labute approximate surface area is 821 Å². The van der Waals surface area contributed by atoms with E-state index in [0.29, 0.717) is 97.7 Å². The van der Waals surface area contributed by atoms with Gasteiger partial charge in [-0.05, 0) is 221 Å². The highest BCUT2D eigenvalue weighted by molar-refractivity contribution is 6.02. The Bertz CT molecular complexity index is 6970. The number of nitrogens with one attached hydrogen (secondary N) is 8. The smallest absolute Gasteiger partial charge is 0.320 e. The van der Waals surface area contributed by atoms with E-state index in [1.807, 2.05) is 221 Å². The second-order valence-corrected chi connectivity index (χ2v) is 35.9. The van der Waals surface area contributed by atoms with Crippen molar-refractivity contribution in [3.8, 4) is 45.6 Å². The predicted octanol–water partition coefficient (Wildman–Crippen LogP) is 15.3. The number of aromatic amines is 4. The minimum Gasteiger partial charge on any atom is -0.381 e. The number of nitrogens with zero attached hydrogens (tertiary/aromatic N) is 20. The zero-order valence-electron chi connectivity index (χ0n) is 79.5. The van der Waals surface area contributed by atoms with E-state index in [-0.39, 0.29) is 29.5 Å². The molecule has 0 radical (unpaired) electrons. The summed E-state index contributed by atoms with van der Waals surface area (Å²) in [5.74, 6) is 2.69. The third-order valence-electron chi connectivity index (χ3n) is 26.3. The number of piperazine rings is 2. The summed E-state index contributed by atoms with van der Waals surface area (Å²) in [6.07, 6.45) is 20.4. The van der Waals surface area contributed by atoms with Crippen LogP contribution in [0.25, 0.3) is 89.2 Å². The van der Waals surface area contributed by atoms with Crippen molar-refractivity contribution in [1.82, 2.24) is 119 Å². The first-order valence-electron chi connectivity index (χ1n) is 48.5. The standard InChI is InChI=1S/C28H31N9O2.C27H29N7O2.C26H29N7O2.C25H25N5O2/c1-34-10-12-36(13-11-34)28(39)37-16-14-35(15-17-37)26(38)25-19-20-18-21(5-6-22(20)32-25)31-27-30-9-7-24(33-27)23-4-2-3-8-29-23;35-26(34-11-7-21(8-12-34)33-13-15-36-16-14-33)25-18-19-17-20(4-5-22(19)31-25)30-27-29-10-6-24(32-27)23-3-1-2-9-28-23;1-32(11-4-12-33-13-15-35-16-14-33)25(34)24-18-19-17-20(6-7-21(19)30-24)29-26-28-10-8-23(31-26)22-5-2-3-9-27-22;31-24(7-4-17-9-13-32-14-10-17)23-16-18-15-19(5-6-20(18)29-23)28-25-27-12-8-22(30-25)21-3-1-2-11-26-21/h2-9,18-19,32H,10-17H2,1H3,(H,30,31,33);1-6,9-10,17-18,21,31H,7-8,11-16H2,(H,29,30,32);2-3,5-10,17-18,30H,4,11-16H2,1H3,(H,28,29,31);1-3,5-6,8,11-12,15-17,29H,4,7,9-10,13-14H2,(H,27,28,30). The number of likely N-dealkylation sites (N-methyl/N-ethyl adjacent to an activating group) is 1. The number of ether oxygens (including phenoxy) is 3. The molecule has 142 heavy (non-hydrogen) atoms. The monoisotopic (exact) mass is 1910 g/mol. The number of Topliss-reactive ketones (excluding diaryl/α,β-unsaturated/α-hetero) is 1. The van der Waals surface area contributed by atoms with E-state index in [9.17, 15) is 24.0 Å². The average Bonchev–Trinajstić information content (AvgIpc) is 1.61. The Morgan fingerprint density at radius 2 is 0.718 bits per heavy atom. The molecule has 16 aromatic rings. The molecule has 4 aromatic carbocycles. The van der Waals surface area contributed by atoms with Gasteiger partial charge < -0.3 is 84.8 Å². The molecule has 36 nitrogen and oxygen atoms in total. The molecule has 22 rings (SSSR count). The normalized spacial score (nSPS) is 15.7. The molecule has 0 atom stereocenters. The van der Waals surface area contributed by atoms with Gasteiger partial charge in [-0.2, -0.15) is 0 Å². The number of H-pyrrole nitrogens is 4. The maximum absolute atomic E-state index is 13.3. The van der Waals surface area contributed by atoms with E-state index < -0.39 is 0 Å². The summed E-state index contributed by atoms with van der Waals surface area (Å²) in [6, 6.07) is 62.0. The minimum atomic E-state index is -0.0567. The van der Waals surface area contributed by atoms with Crippen molar-refractivity contribution >= 4 is 120 Å². The number of hydrogen-bond donors (Lipinski definition) is 8. The van der Waals surface area contributed by atoms with Gasteiger partial charge in [0.15, 0.2) is 5.78 Å². The molecule has 36 heteroatoms. The van der Waals surface area contributed by atoms with Crippen LogP contribution in [0.1, 0.15) is 86.9 Å². The first-order chi connectivity index (χ1) is 69.7. The molecule has 0 saturated carbocycles. The highest BCUT2D eigenvalue weighted by Crippen LogP contribution is 2.33. The van der Waals surface area contributed by atoms with E-state index in [0.717, 1.165) is 262 Å². The number of urea groups is 1. The van der Waals surface area contributed by atoms with Crippen molar-refractivity contribution in [2.75, 3.05) is 180 Å². The number of amides is 5. The number of piperidine rings is 1. The maximum Gasteiger partial charge on any atom is 0.320 e. The zero-order valence-corrected chi connectivity index (χ0v) is 79.5. The van der Waals surface area contributed by atoms with Crippen LogP contribution in [0.2, 0.25) is 0 Å². The van der Waals surface area contributed by atoms with Crippen LogP contribution in [0.5, 0.6) is 0 Å². The van der Waals surface area contributed by atoms with Crippen molar-refractivity contribution in [2.24, 2.45) is 5.92 Å². The first-order valence-corrected chi connectivity index (χ1v) is 48.5. The molecule has 0 unspecified atom stereocenters. The first kappa shape index (κ1) is 95.2. The third-order valence-corrected chi connectivity index (χ3v) is 26.3. The number of likely N-dealkylation sites (tertiary alicyclic amines) is 1. The number of aromatic nitrogens is 16. The molecule has 12 aromatic heterocycles. The Hall–Kier alpha value is -15.7. The molecular formula is C106H114N28O8. The fraction of sp³-hybridized carbons (Fsp3) is 0.311. The SMILES string of the molecule is CN(CCCN1CCOCC1)C(=O)c1cc2cc(Nc3nccc(-c4ccccn4)n3)ccc2[nH]1.CN1CCN(C(=O)N2CCN(C(=O)c3cc4cc(Nc5nccc(-c6ccccn6)n5)ccc4[nH]3)CC2)CC1.O=C(CCC1CCOCC1)c1cc2cc(Nc3nccc(-c4ccccn4)n3)ccc2[nH]1.O=C(c1cc2cc(Nc3nccc(-c4ccccn4)n3)ccc2[nH]1)N1CCC(N2CCOCC2)CC1. The van der Waals surface area contributed by atoms with E-state index >= 15 is 0 Å². The van der Waals surface area contributed by atoms with Crippen LogP contribution < -0.4 is 21.3 Å². The fourth-order valence-electron chi connectivity index (χ4n) is 18.3. The molecule has 5 amide bonds. The number of morpholine rings is 2. The number of carbonyl (C=O) groups is 5. The summed E-state index contributed by atoms with van der Waals surface area (Å²) < 4.78 is 16.3. The van der Waals surface area contributed by atoms with Crippen LogP contribution >= 0.6 is 0 Å². The predicted molar refractivity (Wildman–Crippen MR) is 547 cm³/mol. The lowest BCUT2D eigenvalue weighted by molar-refractivity contribution is 0.00154. The van der Waals surface area contributed by atoms with E-state index in [1.165, 1.54) is 0 Å². The highest BCUT2D eigenvalue weighted by atomic mass is 16.5. The summed E-state index contributed by atoms with van der Waals surface area (Å²) >= 11 is 0. The molecule has 18 heterocycles. The molecule has 6 aliphatic rings. The number of rotatable bonds is 24. The van der Waals surface area contributed by atoms with Crippen molar-refractivity contribution in [1.29, 1.82) is 0 Å². The fourth-order valence-corrected chi connectivity index (χ4v) is 18.3.